The van der Waals surface area contributed by atoms with Gasteiger partial charge in [0.25, 0.3) is 0 Å². The number of nitrogens with zero attached hydrogens (tertiary/aromatic N) is 4. The molecule has 0 bridgehead atoms. The van der Waals surface area contributed by atoms with E-state index in [0.717, 1.165) is 6.42 Å². The summed E-state index contributed by atoms with van der Waals surface area (Å²) in [5.74, 6) is 0.491. The van der Waals surface area contributed by atoms with Gasteiger partial charge in [0.2, 0.25) is 5.91 Å². The molecular weight excluding hydrogens is 206 g/mol. The van der Waals surface area contributed by atoms with Crippen molar-refractivity contribution in [2.75, 3.05) is 0 Å². The van der Waals surface area contributed by atoms with Gasteiger partial charge in [-0.15, -0.1) is 10.2 Å². The Kier molecular flexibility index (Phi) is 2.60. The quantitative estimate of drug-likeness (QED) is 0.782. The van der Waals surface area contributed by atoms with Crippen molar-refractivity contribution < 1.29 is 4.79 Å². The monoisotopic (exact) mass is 219 g/mol. The molecule has 84 valence electrons. The van der Waals surface area contributed by atoms with Crippen molar-refractivity contribution in [2.24, 2.45) is 12.5 Å². The number of nitrogens with one attached hydrogen (secondary N) is 1. The van der Waals surface area contributed by atoms with Crippen LogP contribution < -0.4 is 5.32 Å². The average molecular weight is 219 g/mol. The van der Waals surface area contributed by atoms with E-state index in [-0.39, 0.29) is 5.91 Å². The van der Waals surface area contributed by atoms with Gasteiger partial charge in [0.1, 0.15) is 11.7 Å². The highest BCUT2D eigenvalue weighted by Crippen LogP contribution is 2.40. The van der Waals surface area contributed by atoms with Gasteiger partial charge >= 0.3 is 0 Å². The van der Waals surface area contributed by atoms with Gasteiger partial charge in [0, 0.05) is 7.05 Å². The number of nitriles is 1. The Balaban J connectivity index is 1.94. The first-order valence-electron chi connectivity index (χ1n) is 5.20. The maximum atomic E-state index is 11.8. The average Bonchev–Trinajstić information content (AvgIpc) is 2.60. The van der Waals surface area contributed by atoms with Crippen LogP contribution in [-0.4, -0.2) is 20.7 Å². The molecule has 1 amide bonds. The highest BCUT2D eigenvalue weighted by atomic mass is 16.2. The number of hydrogen-bond acceptors (Lipinski definition) is 4. The summed E-state index contributed by atoms with van der Waals surface area (Å²) >= 11 is 0. The van der Waals surface area contributed by atoms with E-state index in [1.54, 1.807) is 10.9 Å². The fraction of sp³-hybridized carbons (Fsp3) is 0.600. The second-order valence-corrected chi connectivity index (χ2v) is 4.09. The van der Waals surface area contributed by atoms with Crippen LogP contribution in [0.25, 0.3) is 0 Å². The molecule has 2 rings (SSSR count). The molecule has 0 atom stereocenters. The van der Waals surface area contributed by atoms with Crippen molar-refractivity contribution in [3.05, 3.63) is 12.2 Å². The van der Waals surface area contributed by atoms with Crippen LogP contribution in [0.15, 0.2) is 6.33 Å². The van der Waals surface area contributed by atoms with Crippen molar-refractivity contribution in [2.45, 2.75) is 25.8 Å². The second kappa shape index (κ2) is 3.93. The Morgan fingerprint density at radius 2 is 2.50 bits per heavy atom. The summed E-state index contributed by atoms with van der Waals surface area (Å²) in [6, 6.07) is 2.10. The van der Waals surface area contributed by atoms with Gasteiger partial charge in [0.15, 0.2) is 5.82 Å². The van der Waals surface area contributed by atoms with Gasteiger partial charge in [-0.3, -0.25) is 4.79 Å². The standard InChI is InChI=1S/C10H13N5O/c1-15-7-13-14-8(15)5-12-9(16)10(6-11)3-2-4-10/h7H,2-5H2,1H3,(H,12,16). The molecule has 0 unspecified atom stereocenters. The van der Waals surface area contributed by atoms with Crippen LogP contribution in [0, 0.1) is 16.7 Å². The maximum Gasteiger partial charge on any atom is 0.240 e. The normalized spacial score (nSPS) is 17.2. The van der Waals surface area contributed by atoms with Crippen molar-refractivity contribution in [1.29, 1.82) is 5.26 Å². The maximum absolute atomic E-state index is 11.8. The molecule has 1 aromatic heterocycles. The molecule has 0 saturated heterocycles. The summed E-state index contributed by atoms with van der Waals surface area (Å²) < 4.78 is 1.74. The summed E-state index contributed by atoms with van der Waals surface area (Å²) in [6.07, 6.45) is 3.85. The minimum absolute atomic E-state index is 0.191. The van der Waals surface area contributed by atoms with E-state index in [0.29, 0.717) is 25.2 Å². The molecule has 0 aliphatic heterocycles. The van der Waals surface area contributed by atoms with E-state index in [4.69, 9.17) is 5.26 Å². The van der Waals surface area contributed by atoms with E-state index in [9.17, 15) is 4.79 Å². The number of aryl methyl sites for hydroxylation is 1. The van der Waals surface area contributed by atoms with Crippen molar-refractivity contribution in [1.82, 2.24) is 20.1 Å². The summed E-state index contributed by atoms with van der Waals surface area (Å²) in [7, 11) is 1.81. The third-order valence-electron chi connectivity index (χ3n) is 3.07. The number of carbonyl (C=O) groups excluding carboxylic acids is 1. The van der Waals surface area contributed by atoms with E-state index in [2.05, 4.69) is 21.6 Å². The molecule has 1 aliphatic carbocycles. The fourth-order valence-electron chi connectivity index (χ4n) is 1.72. The summed E-state index contributed by atoms with van der Waals surface area (Å²) in [4.78, 5) is 11.8. The van der Waals surface area contributed by atoms with Crippen molar-refractivity contribution in [3.63, 3.8) is 0 Å². The number of carbonyl (C=O) groups is 1. The second-order valence-electron chi connectivity index (χ2n) is 4.09. The van der Waals surface area contributed by atoms with Crippen LogP contribution in [0.5, 0.6) is 0 Å². The van der Waals surface area contributed by atoms with Crippen LogP contribution in [0.4, 0.5) is 0 Å². The Labute approximate surface area is 93.3 Å². The smallest absolute Gasteiger partial charge is 0.240 e. The Hall–Kier alpha value is -1.90. The largest absolute Gasteiger partial charge is 0.347 e. The van der Waals surface area contributed by atoms with E-state index in [1.165, 1.54) is 0 Å². The highest BCUT2D eigenvalue weighted by molar-refractivity contribution is 5.86. The van der Waals surface area contributed by atoms with Gasteiger partial charge in [-0.2, -0.15) is 5.26 Å². The first-order valence-corrected chi connectivity index (χ1v) is 5.20. The lowest BCUT2D eigenvalue weighted by Crippen LogP contribution is -2.44. The lowest BCUT2D eigenvalue weighted by atomic mass is 9.69. The zero-order valence-corrected chi connectivity index (χ0v) is 9.10. The minimum Gasteiger partial charge on any atom is -0.347 e. The van der Waals surface area contributed by atoms with Crippen LogP contribution in [0.1, 0.15) is 25.1 Å². The first kappa shape index (κ1) is 10.6. The van der Waals surface area contributed by atoms with Crippen molar-refractivity contribution >= 4 is 5.91 Å². The lowest BCUT2D eigenvalue weighted by molar-refractivity contribution is -0.131. The van der Waals surface area contributed by atoms with Crippen LogP contribution in [0.2, 0.25) is 0 Å². The van der Waals surface area contributed by atoms with Gasteiger partial charge in [0.05, 0.1) is 12.6 Å². The Bertz CT molecular complexity index is 440. The third-order valence-corrected chi connectivity index (χ3v) is 3.07. The SMILES string of the molecule is Cn1cnnc1CNC(=O)C1(C#N)CCC1. The van der Waals surface area contributed by atoms with Gasteiger partial charge in [-0.1, -0.05) is 0 Å². The zero-order valence-electron chi connectivity index (χ0n) is 9.10. The molecule has 1 saturated carbocycles. The van der Waals surface area contributed by atoms with Crippen LogP contribution in [-0.2, 0) is 18.4 Å². The Morgan fingerprint density at radius 1 is 1.75 bits per heavy atom. The highest BCUT2D eigenvalue weighted by Gasteiger charge is 2.44. The molecular formula is C10H13N5O. The van der Waals surface area contributed by atoms with Crippen LogP contribution >= 0.6 is 0 Å². The molecule has 6 heteroatoms. The summed E-state index contributed by atoms with van der Waals surface area (Å²) in [5, 5.41) is 19.3. The fourth-order valence-corrected chi connectivity index (χ4v) is 1.72. The van der Waals surface area contributed by atoms with E-state index < -0.39 is 5.41 Å². The molecule has 1 N–H and O–H groups in total. The molecule has 1 fully saturated rings. The topological polar surface area (TPSA) is 83.6 Å². The van der Waals surface area contributed by atoms with Gasteiger partial charge in [-0.05, 0) is 19.3 Å². The Morgan fingerprint density at radius 3 is 2.94 bits per heavy atom. The van der Waals surface area contributed by atoms with Gasteiger partial charge < -0.3 is 9.88 Å². The molecule has 0 spiro atoms. The molecule has 6 nitrogen and oxygen atoms in total. The van der Waals surface area contributed by atoms with Crippen LogP contribution in [0.3, 0.4) is 0 Å². The molecule has 1 aromatic rings. The molecule has 0 aromatic carbocycles. The predicted octanol–water partition coefficient (Wildman–Crippen LogP) is 0.125. The lowest BCUT2D eigenvalue weighted by Gasteiger charge is -2.33. The van der Waals surface area contributed by atoms with Gasteiger partial charge in [-0.25, -0.2) is 0 Å². The minimum atomic E-state index is -0.793. The van der Waals surface area contributed by atoms with Crippen molar-refractivity contribution in [3.8, 4) is 6.07 Å². The molecule has 0 radical (unpaired) electrons. The number of rotatable bonds is 3. The molecule has 1 heterocycles. The first-order chi connectivity index (χ1) is 7.68. The summed E-state index contributed by atoms with van der Waals surface area (Å²) in [6.45, 7) is 0.318. The third kappa shape index (κ3) is 1.65. The van der Waals surface area contributed by atoms with E-state index in [1.807, 2.05) is 7.05 Å². The predicted molar refractivity (Wildman–Crippen MR) is 54.7 cm³/mol. The number of amides is 1. The summed E-state index contributed by atoms with van der Waals surface area (Å²) in [5.41, 5.74) is -0.793. The molecule has 1 aliphatic rings. The number of hydrogen-bond donors (Lipinski definition) is 1. The van der Waals surface area contributed by atoms with E-state index >= 15 is 0 Å². The number of aromatic nitrogens is 3. The molecule has 16 heavy (non-hydrogen) atoms. The zero-order chi connectivity index (χ0) is 11.6.